The maximum absolute atomic E-state index is 13.0. The number of benzene rings is 2. The Bertz CT molecular complexity index is 581. The van der Waals surface area contributed by atoms with E-state index in [4.69, 9.17) is 9.84 Å². The van der Waals surface area contributed by atoms with Gasteiger partial charge in [-0.05, 0) is 29.8 Å². The molecule has 2 aromatic rings. The van der Waals surface area contributed by atoms with Crippen LogP contribution in [0.15, 0.2) is 48.5 Å². The molecule has 3 nitrogen and oxygen atoms in total. The van der Waals surface area contributed by atoms with E-state index in [1.807, 2.05) is 0 Å². The van der Waals surface area contributed by atoms with E-state index in [0.29, 0.717) is 11.3 Å². The van der Waals surface area contributed by atoms with Gasteiger partial charge in [0, 0.05) is 5.56 Å². The Kier molecular flexibility index (Phi) is 4.26. The highest BCUT2D eigenvalue weighted by atomic mass is 19.1. The number of aliphatic hydroxyl groups excluding tert-OH is 1. The molecule has 0 saturated carbocycles. The molecule has 0 heterocycles. The summed E-state index contributed by atoms with van der Waals surface area (Å²) in [4.78, 5) is 11.8. The fourth-order valence-corrected chi connectivity index (χ4v) is 1.63. The smallest absolute Gasteiger partial charge is 0.200 e. The van der Waals surface area contributed by atoms with Crippen LogP contribution in [-0.2, 0) is 6.61 Å². The molecule has 0 unspecified atom stereocenters. The summed E-state index contributed by atoms with van der Waals surface area (Å²) in [5.74, 6) is -0.252. The molecular formula is C15H13FO3. The van der Waals surface area contributed by atoms with E-state index in [-0.39, 0.29) is 24.6 Å². The van der Waals surface area contributed by atoms with Crippen LogP contribution in [0, 0.1) is 5.82 Å². The first-order valence-corrected chi connectivity index (χ1v) is 5.80. The summed E-state index contributed by atoms with van der Waals surface area (Å²) < 4.78 is 18.3. The molecule has 0 saturated heterocycles. The van der Waals surface area contributed by atoms with Crippen molar-refractivity contribution in [3.63, 3.8) is 0 Å². The van der Waals surface area contributed by atoms with E-state index < -0.39 is 5.82 Å². The standard InChI is InChI=1S/C15H13FO3/c16-13-5-2-4-12(8-13)15(18)10-19-14-6-1-3-11(7-14)9-17/h1-8,17H,9-10H2. The highest BCUT2D eigenvalue weighted by Gasteiger charge is 2.07. The molecule has 0 aliphatic heterocycles. The topological polar surface area (TPSA) is 46.5 Å². The number of carbonyl (C=O) groups is 1. The monoisotopic (exact) mass is 260 g/mol. The van der Waals surface area contributed by atoms with Gasteiger partial charge in [0.1, 0.15) is 11.6 Å². The molecule has 1 N–H and O–H groups in total. The summed E-state index contributed by atoms with van der Waals surface area (Å²) in [6.07, 6.45) is 0. The highest BCUT2D eigenvalue weighted by Crippen LogP contribution is 2.14. The number of ketones is 1. The van der Waals surface area contributed by atoms with Crippen LogP contribution in [0.4, 0.5) is 4.39 Å². The lowest BCUT2D eigenvalue weighted by atomic mass is 10.1. The molecule has 98 valence electrons. The second kappa shape index (κ2) is 6.11. The minimum atomic E-state index is -0.451. The van der Waals surface area contributed by atoms with Crippen LogP contribution in [0.25, 0.3) is 0 Å². The Balaban J connectivity index is 2.00. The van der Waals surface area contributed by atoms with E-state index in [2.05, 4.69) is 0 Å². The molecule has 2 rings (SSSR count). The van der Waals surface area contributed by atoms with Crippen molar-refractivity contribution in [2.24, 2.45) is 0 Å². The van der Waals surface area contributed by atoms with Crippen LogP contribution < -0.4 is 4.74 Å². The second-order valence-corrected chi connectivity index (χ2v) is 4.03. The van der Waals surface area contributed by atoms with Gasteiger partial charge in [-0.2, -0.15) is 0 Å². The number of Topliss-reactive ketones (excluding diaryl/α,β-unsaturated/α-hetero) is 1. The number of carbonyl (C=O) groups excluding carboxylic acids is 1. The molecule has 0 aliphatic rings. The number of halogens is 1. The third-order valence-electron chi connectivity index (χ3n) is 2.60. The van der Waals surface area contributed by atoms with Crippen LogP contribution in [0.2, 0.25) is 0 Å². The van der Waals surface area contributed by atoms with Crippen LogP contribution in [0.3, 0.4) is 0 Å². The highest BCUT2D eigenvalue weighted by molar-refractivity contribution is 5.97. The zero-order valence-corrected chi connectivity index (χ0v) is 10.2. The van der Waals surface area contributed by atoms with Crippen molar-refractivity contribution >= 4 is 5.78 Å². The molecule has 0 spiro atoms. The number of hydrogen-bond donors (Lipinski definition) is 1. The fraction of sp³-hybridized carbons (Fsp3) is 0.133. The van der Waals surface area contributed by atoms with Crippen LogP contribution in [0.5, 0.6) is 5.75 Å². The minimum Gasteiger partial charge on any atom is -0.485 e. The van der Waals surface area contributed by atoms with E-state index in [1.54, 1.807) is 30.3 Å². The van der Waals surface area contributed by atoms with E-state index in [9.17, 15) is 9.18 Å². The molecule has 0 bridgehead atoms. The molecule has 19 heavy (non-hydrogen) atoms. The summed E-state index contributed by atoms with van der Waals surface area (Å²) in [6.45, 7) is -0.257. The molecule has 2 aromatic carbocycles. The van der Waals surface area contributed by atoms with Crippen LogP contribution in [-0.4, -0.2) is 17.5 Å². The van der Waals surface area contributed by atoms with Gasteiger partial charge in [0.25, 0.3) is 0 Å². The Morgan fingerprint density at radius 3 is 2.68 bits per heavy atom. The average molecular weight is 260 g/mol. The van der Waals surface area contributed by atoms with Crippen LogP contribution >= 0.6 is 0 Å². The van der Waals surface area contributed by atoms with E-state index in [1.165, 1.54) is 18.2 Å². The van der Waals surface area contributed by atoms with Gasteiger partial charge in [0.15, 0.2) is 12.4 Å². The van der Waals surface area contributed by atoms with Gasteiger partial charge in [-0.3, -0.25) is 4.79 Å². The zero-order chi connectivity index (χ0) is 13.7. The largest absolute Gasteiger partial charge is 0.485 e. The Labute approximate surface area is 110 Å². The predicted molar refractivity (Wildman–Crippen MR) is 68.6 cm³/mol. The van der Waals surface area contributed by atoms with Crippen molar-refractivity contribution in [2.45, 2.75) is 6.61 Å². The number of ether oxygens (including phenoxy) is 1. The summed E-state index contributed by atoms with van der Waals surface area (Å²) in [5, 5.41) is 8.98. The third kappa shape index (κ3) is 3.63. The Morgan fingerprint density at radius 1 is 1.16 bits per heavy atom. The van der Waals surface area contributed by atoms with Crippen molar-refractivity contribution in [1.82, 2.24) is 0 Å². The van der Waals surface area contributed by atoms with Gasteiger partial charge >= 0.3 is 0 Å². The van der Waals surface area contributed by atoms with Gasteiger partial charge < -0.3 is 9.84 Å². The van der Waals surface area contributed by atoms with Crippen molar-refractivity contribution in [3.05, 3.63) is 65.5 Å². The van der Waals surface area contributed by atoms with Gasteiger partial charge in [-0.1, -0.05) is 24.3 Å². The molecule has 0 atom stereocenters. The lowest BCUT2D eigenvalue weighted by Crippen LogP contribution is -2.11. The number of aliphatic hydroxyl groups is 1. The second-order valence-electron chi connectivity index (χ2n) is 4.03. The summed E-state index contributed by atoms with van der Waals surface area (Å²) in [5.41, 5.74) is 0.981. The molecular weight excluding hydrogens is 247 g/mol. The molecule has 0 fully saturated rings. The normalized spacial score (nSPS) is 10.2. The summed E-state index contributed by atoms with van der Waals surface area (Å²) in [7, 11) is 0. The van der Waals surface area contributed by atoms with Gasteiger partial charge in [-0.25, -0.2) is 4.39 Å². The fourth-order valence-electron chi connectivity index (χ4n) is 1.63. The summed E-state index contributed by atoms with van der Waals surface area (Å²) in [6, 6.07) is 12.3. The van der Waals surface area contributed by atoms with Crippen LogP contribution in [0.1, 0.15) is 15.9 Å². The first-order valence-electron chi connectivity index (χ1n) is 5.80. The quantitative estimate of drug-likeness (QED) is 0.840. The lowest BCUT2D eigenvalue weighted by molar-refractivity contribution is 0.0921. The Morgan fingerprint density at radius 2 is 1.95 bits per heavy atom. The summed E-state index contributed by atoms with van der Waals surface area (Å²) >= 11 is 0. The lowest BCUT2D eigenvalue weighted by Gasteiger charge is -2.06. The van der Waals surface area contributed by atoms with Gasteiger partial charge in [-0.15, -0.1) is 0 Å². The first-order chi connectivity index (χ1) is 9.19. The molecule has 0 amide bonds. The Hall–Kier alpha value is -2.20. The number of rotatable bonds is 5. The third-order valence-corrected chi connectivity index (χ3v) is 2.60. The van der Waals surface area contributed by atoms with Gasteiger partial charge in [0.2, 0.25) is 0 Å². The SMILES string of the molecule is O=C(COc1cccc(CO)c1)c1cccc(F)c1. The predicted octanol–water partition coefficient (Wildman–Crippen LogP) is 2.58. The minimum absolute atomic E-state index is 0.0883. The first kappa shape index (κ1) is 13.2. The number of hydrogen-bond acceptors (Lipinski definition) is 3. The maximum atomic E-state index is 13.0. The van der Waals surface area contributed by atoms with E-state index >= 15 is 0 Å². The molecule has 0 aromatic heterocycles. The van der Waals surface area contributed by atoms with Crippen molar-refractivity contribution < 1.29 is 19.0 Å². The molecule has 4 heteroatoms. The molecule has 0 radical (unpaired) electrons. The van der Waals surface area contributed by atoms with Crippen molar-refractivity contribution in [3.8, 4) is 5.75 Å². The average Bonchev–Trinajstić information content (AvgIpc) is 2.45. The van der Waals surface area contributed by atoms with Crippen molar-refractivity contribution in [2.75, 3.05) is 6.61 Å². The van der Waals surface area contributed by atoms with Crippen molar-refractivity contribution in [1.29, 1.82) is 0 Å². The van der Waals surface area contributed by atoms with E-state index in [0.717, 1.165) is 0 Å². The maximum Gasteiger partial charge on any atom is 0.200 e. The zero-order valence-electron chi connectivity index (χ0n) is 10.2. The molecule has 0 aliphatic carbocycles. The van der Waals surface area contributed by atoms with Gasteiger partial charge in [0.05, 0.1) is 6.61 Å².